The zero-order chi connectivity index (χ0) is 19.8. The molecule has 4 aromatic rings. The molecule has 148 valence electrons. The maximum Gasteiger partial charge on any atom is 0.119 e. The molecule has 0 radical (unpaired) electrons. The molecule has 5 heteroatoms. The van der Waals surface area contributed by atoms with Crippen LogP contribution < -0.4 is 4.74 Å². The highest BCUT2D eigenvalue weighted by molar-refractivity contribution is 7.09. The number of ether oxygens (including phenoxy) is 1. The number of likely N-dealkylation sites (N-methyl/N-ethyl adjacent to an activating group) is 1. The second kappa shape index (κ2) is 7.65. The van der Waals surface area contributed by atoms with E-state index >= 15 is 0 Å². The molecule has 0 saturated heterocycles. The molecule has 0 spiro atoms. The summed E-state index contributed by atoms with van der Waals surface area (Å²) in [5, 5.41) is 4.70. The largest absolute Gasteiger partial charge is 0.497 e. The van der Waals surface area contributed by atoms with Crippen molar-refractivity contribution in [1.82, 2.24) is 14.5 Å². The van der Waals surface area contributed by atoms with Gasteiger partial charge in [0.1, 0.15) is 5.75 Å². The summed E-state index contributed by atoms with van der Waals surface area (Å²) in [5.41, 5.74) is 6.51. The maximum absolute atomic E-state index is 5.49. The van der Waals surface area contributed by atoms with Crippen LogP contribution in [0.1, 0.15) is 16.3 Å². The average molecular weight is 404 g/mol. The Labute approximate surface area is 175 Å². The molecule has 3 heterocycles. The number of hydrogen-bond donors (Lipinski definition) is 0. The van der Waals surface area contributed by atoms with Gasteiger partial charge in [-0.05, 0) is 30.8 Å². The molecule has 2 aromatic heterocycles. The van der Waals surface area contributed by atoms with Crippen LogP contribution in [-0.4, -0.2) is 35.2 Å². The number of rotatable bonds is 5. The Morgan fingerprint density at radius 3 is 2.83 bits per heavy atom. The van der Waals surface area contributed by atoms with Gasteiger partial charge in [0.15, 0.2) is 0 Å². The molecule has 1 aliphatic rings. The van der Waals surface area contributed by atoms with E-state index in [4.69, 9.17) is 9.72 Å². The van der Waals surface area contributed by atoms with E-state index < -0.39 is 0 Å². The third kappa shape index (κ3) is 3.45. The standard InChI is InChI=1S/C24H25N3OS/c1-26-12-10-23-20(15-26)19-14-18(28-2)8-9-22(19)27(23)13-11-24-25-21(16-29-24)17-6-4-3-5-7-17/h3-9,14,16H,10-13,15H2,1-2H3. The van der Waals surface area contributed by atoms with Crippen LogP contribution in [0.25, 0.3) is 22.2 Å². The summed E-state index contributed by atoms with van der Waals surface area (Å²) in [6, 6.07) is 16.9. The number of aromatic nitrogens is 2. The van der Waals surface area contributed by atoms with Gasteiger partial charge in [0, 0.05) is 60.0 Å². The minimum Gasteiger partial charge on any atom is -0.497 e. The van der Waals surface area contributed by atoms with E-state index in [9.17, 15) is 0 Å². The zero-order valence-corrected chi connectivity index (χ0v) is 17.7. The summed E-state index contributed by atoms with van der Waals surface area (Å²) in [6.07, 6.45) is 2.05. The van der Waals surface area contributed by atoms with Crippen molar-refractivity contribution >= 4 is 22.2 Å². The summed E-state index contributed by atoms with van der Waals surface area (Å²) in [7, 11) is 3.94. The van der Waals surface area contributed by atoms with E-state index in [1.165, 1.54) is 32.7 Å². The fourth-order valence-electron chi connectivity index (χ4n) is 4.32. The topological polar surface area (TPSA) is 30.3 Å². The van der Waals surface area contributed by atoms with Crippen LogP contribution in [0, 0.1) is 0 Å². The Bertz CT molecular complexity index is 1150. The Morgan fingerprint density at radius 2 is 2.00 bits per heavy atom. The molecular formula is C24H25N3OS. The van der Waals surface area contributed by atoms with Crippen LogP contribution in [0.2, 0.25) is 0 Å². The van der Waals surface area contributed by atoms with E-state index in [0.29, 0.717) is 0 Å². The Balaban J connectivity index is 1.46. The highest BCUT2D eigenvalue weighted by Gasteiger charge is 2.22. The van der Waals surface area contributed by atoms with Crippen LogP contribution >= 0.6 is 11.3 Å². The van der Waals surface area contributed by atoms with Crippen LogP contribution in [-0.2, 0) is 25.9 Å². The van der Waals surface area contributed by atoms with Gasteiger partial charge < -0.3 is 14.2 Å². The predicted molar refractivity (Wildman–Crippen MR) is 120 cm³/mol. The van der Waals surface area contributed by atoms with E-state index in [1.54, 1.807) is 18.4 Å². The Kier molecular flexibility index (Phi) is 4.86. The number of nitrogens with zero attached hydrogens (tertiary/aromatic N) is 3. The summed E-state index contributed by atoms with van der Waals surface area (Å²) >= 11 is 1.76. The summed E-state index contributed by atoms with van der Waals surface area (Å²) < 4.78 is 8.01. The van der Waals surface area contributed by atoms with Gasteiger partial charge in [-0.25, -0.2) is 4.98 Å². The third-order valence-corrected chi connectivity index (χ3v) is 6.73. The first-order chi connectivity index (χ1) is 14.2. The van der Waals surface area contributed by atoms with Crippen LogP contribution in [0.3, 0.4) is 0 Å². The summed E-state index contributed by atoms with van der Waals surface area (Å²) in [6.45, 7) is 3.07. The van der Waals surface area contributed by atoms with Gasteiger partial charge in [0.05, 0.1) is 17.8 Å². The molecule has 4 nitrogen and oxygen atoms in total. The highest BCUT2D eigenvalue weighted by Crippen LogP contribution is 2.33. The SMILES string of the molecule is COc1ccc2c(c1)c1c(n2CCc2nc(-c3ccccc3)cs2)CCN(C)C1. The van der Waals surface area contributed by atoms with Crippen molar-refractivity contribution in [3.05, 3.63) is 70.2 Å². The molecule has 0 saturated carbocycles. The van der Waals surface area contributed by atoms with Crippen molar-refractivity contribution in [2.75, 3.05) is 20.7 Å². The highest BCUT2D eigenvalue weighted by atomic mass is 32.1. The van der Waals surface area contributed by atoms with Crippen molar-refractivity contribution in [3.63, 3.8) is 0 Å². The predicted octanol–water partition coefficient (Wildman–Crippen LogP) is 5.00. The van der Waals surface area contributed by atoms with Crippen molar-refractivity contribution in [1.29, 1.82) is 0 Å². The Morgan fingerprint density at radius 1 is 1.14 bits per heavy atom. The zero-order valence-electron chi connectivity index (χ0n) is 16.9. The first-order valence-corrected chi connectivity index (χ1v) is 11.0. The summed E-state index contributed by atoms with van der Waals surface area (Å²) in [5.74, 6) is 0.929. The quantitative estimate of drug-likeness (QED) is 0.470. The molecule has 5 rings (SSSR count). The van der Waals surface area contributed by atoms with Crippen LogP contribution in [0.15, 0.2) is 53.9 Å². The molecule has 0 aliphatic carbocycles. The van der Waals surface area contributed by atoms with Gasteiger partial charge in [-0.2, -0.15) is 0 Å². The normalized spacial score (nSPS) is 14.3. The maximum atomic E-state index is 5.49. The molecule has 0 amide bonds. The first kappa shape index (κ1) is 18.4. The van der Waals surface area contributed by atoms with E-state index in [-0.39, 0.29) is 0 Å². The summed E-state index contributed by atoms with van der Waals surface area (Å²) in [4.78, 5) is 7.29. The number of fused-ring (bicyclic) bond motifs is 3. The van der Waals surface area contributed by atoms with Gasteiger partial charge >= 0.3 is 0 Å². The molecule has 0 unspecified atom stereocenters. The van der Waals surface area contributed by atoms with Gasteiger partial charge in [0.2, 0.25) is 0 Å². The van der Waals surface area contributed by atoms with Gasteiger partial charge in [0.25, 0.3) is 0 Å². The second-order valence-electron chi connectivity index (χ2n) is 7.69. The third-order valence-electron chi connectivity index (χ3n) is 5.82. The van der Waals surface area contributed by atoms with Crippen molar-refractivity contribution in [3.8, 4) is 17.0 Å². The lowest BCUT2D eigenvalue weighted by atomic mass is 10.0. The smallest absolute Gasteiger partial charge is 0.119 e. The number of thiazole rings is 1. The lowest BCUT2D eigenvalue weighted by Gasteiger charge is -2.24. The van der Waals surface area contributed by atoms with E-state index in [0.717, 1.165) is 43.9 Å². The van der Waals surface area contributed by atoms with Gasteiger partial charge in [-0.3, -0.25) is 0 Å². The van der Waals surface area contributed by atoms with Crippen molar-refractivity contribution in [2.24, 2.45) is 0 Å². The van der Waals surface area contributed by atoms with Gasteiger partial charge in [-0.1, -0.05) is 30.3 Å². The number of aryl methyl sites for hydroxylation is 2. The number of hydrogen-bond acceptors (Lipinski definition) is 4. The minimum absolute atomic E-state index is 0.929. The fraction of sp³-hybridized carbons (Fsp3) is 0.292. The molecular weight excluding hydrogens is 378 g/mol. The first-order valence-electron chi connectivity index (χ1n) is 10.1. The Hall–Kier alpha value is -2.63. The van der Waals surface area contributed by atoms with Crippen molar-refractivity contribution < 1.29 is 4.74 Å². The van der Waals surface area contributed by atoms with E-state index in [1.807, 2.05) is 6.07 Å². The van der Waals surface area contributed by atoms with Gasteiger partial charge in [-0.15, -0.1) is 11.3 Å². The minimum atomic E-state index is 0.929. The molecule has 1 aliphatic heterocycles. The lowest BCUT2D eigenvalue weighted by molar-refractivity contribution is 0.309. The molecule has 0 fully saturated rings. The monoisotopic (exact) mass is 403 g/mol. The lowest BCUT2D eigenvalue weighted by Crippen LogP contribution is -2.27. The fourth-order valence-corrected chi connectivity index (χ4v) is 5.12. The number of methoxy groups -OCH3 is 1. The molecule has 0 N–H and O–H groups in total. The average Bonchev–Trinajstić information content (AvgIpc) is 3.35. The van der Waals surface area contributed by atoms with Crippen LogP contribution in [0.4, 0.5) is 0 Å². The second-order valence-corrected chi connectivity index (χ2v) is 8.63. The molecule has 0 bridgehead atoms. The molecule has 29 heavy (non-hydrogen) atoms. The van der Waals surface area contributed by atoms with E-state index in [2.05, 4.69) is 64.4 Å². The number of benzene rings is 2. The van der Waals surface area contributed by atoms with Crippen molar-refractivity contribution in [2.45, 2.75) is 25.9 Å². The molecule has 0 atom stereocenters. The van der Waals surface area contributed by atoms with Crippen LogP contribution in [0.5, 0.6) is 5.75 Å². The molecule has 2 aromatic carbocycles.